The standard InChI is InChI=1S/C19H36N2/c1-6-8-9-10-18(7-2)11-12-19(17(3)4)21-15-13-20(5)14-16-21/h7,19H,3,6,8-16H2,1-2,4-5H3/b18-7-. The minimum Gasteiger partial charge on any atom is -0.304 e. The molecule has 1 aliphatic heterocycles. The van der Waals surface area contributed by atoms with Gasteiger partial charge in [-0.25, -0.2) is 0 Å². The Balaban J connectivity index is 2.45. The van der Waals surface area contributed by atoms with Crippen molar-refractivity contribution in [3.05, 3.63) is 23.8 Å². The van der Waals surface area contributed by atoms with Gasteiger partial charge in [-0.05, 0) is 46.6 Å². The van der Waals surface area contributed by atoms with Gasteiger partial charge in [-0.15, -0.1) is 0 Å². The van der Waals surface area contributed by atoms with Crippen LogP contribution in [0.4, 0.5) is 0 Å². The maximum absolute atomic E-state index is 4.25. The molecule has 0 aromatic rings. The van der Waals surface area contributed by atoms with Crippen LogP contribution >= 0.6 is 0 Å². The molecule has 1 saturated heterocycles. The van der Waals surface area contributed by atoms with Gasteiger partial charge >= 0.3 is 0 Å². The van der Waals surface area contributed by atoms with Crippen LogP contribution in [-0.4, -0.2) is 49.1 Å². The van der Waals surface area contributed by atoms with E-state index in [0.717, 1.165) is 0 Å². The Kier molecular flexibility index (Phi) is 8.94. The lowest BCUT2D eigenvalue weighted by Crippen LogP contribution is -2.49. The van der Waals surface area contributed by atoms with Crippen molar-refractivity contribution in [2.45, 2.75) is 65.3 Å². The molecule has 0 N–H and O–H groups in total. The van der Waals surface area contributed by atoms with Crippen molar-refractivity contribution < 1.29 is 0 Å². The Morgan fingerprint density at radius 1 is 1.14 bits per heavy atom. The molecule has 1 heterocycles. The molecular formula is C19H36N2. The topological polar surface area (TPSA) is 6.48 Å². The SMILES string of the molecule is C=C(C)C(CC/C(=C\C)CCCCC)N1CCN(C)CC1. The second-order valence-electron chi connectivity index (χ2n) is 6.64. The van der Waals surface area contributed by atoms with E-state index in [1.807, 2.05) is 0 Å². The van der Waals surface area contributed by atoms with E-state index in [1.165, 1.54) is 70.3 Å². The number of hydrogen-bond acceptors (Lipinski definition) is 2. The summed E-state index contributed by atoms with van der Waals surface area (Å²) < 4.78 is 0. The van der Waals surface area contributed by atoms with Gasteiger partial charge < -0.3 is 4.90 Å². The van der Waals surface area contributed by atoms with Crippen molar-refractivity contribution in [1.29, 1.82) is 0 Å². The summed E-state index contributed by atoms with van der Waals surface area (Å²) >= 11 is 0. The molecule has 2 heteroatoms. The van der Waals surface area contributed by atoms with Gasteiger partial charge in [-0.3, -0.25) is 4.90 Å². The van der Waals surface area contributed by atoms with Crippen LogP contribution in [0.15, 0.2) is 23.8 Å². The van der Waals surface area contributed by atoms with E-state index in [0.29, 0.717) is 6.04 Å². The predicted octanol–water partition coefficient (Wildman–Crippen LogP) is 4.49. The molecule has 1 atom stereocenters. The van der Waals surface area contributed by atoms with Crippen molar-refractivity contribution >= 4 is 0 Å². The molecule has 0 saturated carbocycles. The molecule has 21 heavy (non-hydrogen) atoms. The first kappa shape index (κ1) is 18.4. The molecule has 0 amide bonds. The lowest BCUT2D eigenvalue weighted by Gasteiger charge is -2.38. The Labute approximate surface area is 132 Å². The van der Waals surface area contributed by atoms with Crippen LogP contribution in [0.25, 0.3) is 0 Å². The van der Waals surface area contributed by atoms with E-state index >= 15 is 0 Å². The zero-order chi connectivity index (χ0) is 15.7. The minimum absolute atomic E-state index is 0.569. The minimum atomic E-state index is 0.569. The van der Waals surface area contributed by atoms with E-state index in [-0.39, 0.29) is 0 Å². The summed E-state index contributed by atoms with van der Waals surface area (Å²) in [6, 6.07) is 0.569. The Hall–Kier alpha value is -0.600. The van der Waals surface area contributed by atoms with Crippen molar-refractivity contribution in [1.82, 2.24) is 9.80 Å². The second kappa shape index (κ2) is 10.2. The van der Waals surface area contributed by atoms with Gasteiger partial charge in [0.15, 0.2) is 0 Å². The molecule has 0 aliphatic carbocycles. The number of piperazine rings is 1. The fourth-order valence-corrected chi connectivity index (χ4v) is 3.21. The van der Waals surface area contributed by atoms with Crippen LogP contribution in [0.2, 0.25) is 0 Å². The predicted molar refractivity (Wildman–Crippen MR) is 94.8 cm³/mol. The number of hydrogen-bond donors (Lipinski definition) is 0. The van der Waals surface area contributed by atoms with E-state index in [9.17, 15) is 0 Å². The van der Waals surface area contributed by atoms with Gasteiger partial charge in [0.05, 0.1) is 0 Å². The zero-order valence-electron chi connectivity index (χ0n) is 14.8. The van der Waals surface area contributed by atoms with Crippen LogP contribution in [-0.2, 0) is 0 Å². The zero-order valence-corrected chi connectivity index (χ0v) is 14.8. The molecule has 0 aromatic carbocycles. The summed E-state index contributed by atoms with van der Waals surface area (Å²) in [5.74, 6) is 0. The van der Waals surface area contributed by atoms with Crippen molar-refractivity contribution in [2.75, 3.05) is 33.2 Å². The third kappa shape index (κ3) is 6.80. The van der Waals surface area contributed by atoms with Crippen LogP contribution in [0.3, 0.4) is 0 Å². The third-order valence-corrected chi connectivity index (χ3v) is 4.80. The van der Waals surface area contributed by atoms with Crippen LogP contribution in [0.5, 0.6) is 0 Å². The van der Waals surface area contributed by atoms with Gasteiger partial charge in [0.1, 0.15) is 0 Å². The lowest BCUT2D eigenvalue weighted by molar-refractivity contribution is 0.121. The fourth-order valence-electron chi connectivity index (χ4n) is 3.21. The van der Waals surface area contributed by atoms with Crippen LogP contribution < -0.4 is 0 Å². The van der Waals surface area contributed by atoms with Gasteiger partial charge in [-0.2, -0.15) is 0 Å². The average Bonchev–Trinajstić information content (AvgIpc) is 2.47. The van der Waals surface area contributed by atoms with Gasteiger partial charge in [-0.1, -0.05) is 43.6 Å². The number of unbranched alkanes of at least 4 members (excludes halogenated alkanes) is 2. The summed E-state index contributed by atoms with van der Waals surface area (Å²) in [6.07, 6.45) is 10.1. The van der Waals surface area contributed by atoms with Crippen LogP contribution in [0, 0.1) is 0 Å². The third-order valence-electron chi connectivity index (χ3n) is 4.80. The summed E-state index contributed by atoms with van der Waals surface area (Å²) in [6.45, 7) is 15.7. The van der Waals surface area contributed by atoms with E-state index in [1.54, 1.807) is 5.57 Å². The first-order valence-corrected chi connectivity index (χ1v) is 8.80. The first-order chi connectivity index (χ1) is 10.1. The highest BCUT2D eigenvalue weighted by molar-refractivity contribution is 5.07. The van der Waals surface area contributed by atoms with Crippen molar-refractivity contribution in [2.24, 2.45) is 0 Å². The van der Waals surface area contributed by atoms with Gasteiger partial charge in [0.2, 0.25) is 0 Å². The number of likely N-dealkylation sites (N-methyl/N-ethyl adjacent to an activating group) is 1. The highest BCUT2D eigenvalue weighted by Crippen LogP contribution is 2.22. The molecule has 0 bridgehead atoms. The highest BCUT2D eigenvalue weighted by Gasteiger charge is 2.22. The smallest absolute Gasteiger partial charge is 0.0306 e. The summed E-state index contributed by atoms with van der Waals surface area (Å²) in [5.41, 5.74) is 2.98. The normalized spacial score (nSPS) is 19.7. The molecule has 1 rings (SSSR count). The maximum atomic E-state index is 4.25. The summed E-state index contributed by atoms with van der Waals surface area (Å²) in [7, 11) is 2.22. The molecule has 2 nitrogen and oxygen atoms in total. The van der Waals surface area contributed by atoms with Crippen molar-refractivity contribution in [3.63, 3.8) is 0 Å². The van der Waals surface area contributed by atoms with Gasteiger partial charge in [0, 0.05) is 32.2 Å². The molecule has 0 spiro atoms. The largest absolute Gasteiger partial charge is 0.304 e. The Bertz CT molecular complexity index is 324. The van der Waals surface area contributed by atoms with Gasteiger partial charge in [0.25, 0.3) is 0 Å². The van der Waals surface area contributed by atoms with E-state index in [2.05, 4.69) is 50.3 Å². The number of rotatable bonds is 9. The highest BCUT2D eigenvalue weighted by atomic mass is 15.3. The molecule has 1 unspecified atom stereocenters. The molecular weight excluding hydrogens is 256 g/mol. The monoisotopic (exact) mass is 292 g/mol. The lowest BCUT2D eigenvalue weighted by atomic mass is 9.96. The quantitative estimate of drug-likeness (QED) is 0.456. The summed E-state index contributed by atoms with van der Waals surface area (Å²) in [4.78, 5) is 5.07. The molecule has 122 valence electrons. The van der Waals surface area contributed by atoms with Crippen LogP contribution in [0.1, 0.15) is 59.3 Å². The first-order valence-electron chi connectivity index (χ1n) is 8.80. The van der Waals surface area contributed by atoms with Crippen molar-refractivity contribution in [3.8, 4) is 0 Å². The molecule has 1 aliphatic rings. The molecule has 0 aromatic heterocycles. The number of nitrogens with zero attached hydrogens (tertiary/aromatic N) is 2. The fraction of sp³-hybridized carbons (Fsp3) is 0.789. The maximum Gasteiger partial charge on any atom is 0.0306 e. The molecule has 0 radical (unpaired) electrons. The number of allylic oxidation sites excluding steroid dienone is 2. The summed E-state index contributed by atoms with van der Waals surface area (Å²) in [5, 5.41) is 0. The van der Waals surface area contributed by atoms with E-state index < -0.39 is 0 Å². The molecule has 1 fully saturated rings. The Morgan fingerprint density at radius 2 is 1.81 bits per heavy atom. The second-order valence-corrected chi connectivity index (χ2v) is 6.64. The van der Waals surface area contributed by atoms with E-state index in [4.69, 9.17) is 0 Å². The Morgan fingerprint density at radius 3 is 2.33 bits per heavy atom. The average molecular weight is 293 g/mol.